The van der Waals surface area contributed by atoms with Crippen molar-refractivity contribution in [3.8, 4) is 11.1 Å². The zero-order valence-electron chi connectivity index (χ0n) is 14.5. The molecule has 1 heterocycles. The van der Waals surface area contributed by atoms with E-state index in [9.17, 15) is 0 Å². The Labute approximate surface area is 139 Å². The van der Waals surface area contributed by atoms with Gasteiger partial charge in [-0.3, -0.25) is 0 Å². The summed E-state index contributed by atoms with van der Waals surface area (Å²) in [6, 6.07) is 18.9. The van der Waals surface area contributed by atoms with Crippen molar-refractivity contribution in [1.29, 1.82) is 0 Å². The summed E-state index contributed by atoms with van der Waals surface area (Å²) in [5.74, 6) is 0.472. The smallest absolute Gasteiger partial charge is 0.184 e. The topological polar surface area (TPSA) is 18.5 Å². The molecule has 122 valence electrons. The average molecular weight is 310 g/mol. The van der Waals surface area contributed by atoms with Gasteiger partial charge in [0.25, 0.3) is 0 Å². The Hall–Kier alpha value is -1.64. The van der Waals surface area contributed by atoms with Gasteiger partial charge in [-0.25, -0.2) is 0 Å². The summed E-state index contributed by atoms with van der Waals surface area (Å²) in [5, 5.41) is 0. The molecule has 3 rings (SSSR count). The Kier molecular flexibility index (Phi) is 4.56. The molecule has 2 atom stereocenters. The highest BCUT2D eigenvalue weighted by Gasteiger charge is 2.40. The van der Waals surface area contributed by atoms with Gasteiger partial charge in [-0.2, -0.15) is 0 Å². The van der Waals surface area contributed by atoms with Crippen LogP contribution in [-0.2, 0) is 9.47 Å². The highest BCUT2D eigenvalue weighted by atomic mass is 16.7. The van der Waals surface area contributed by atoms with Gasteiger partial charge in [0.2, 0.25) is 0 Å². The largest absolute Gasteiger partial charge is 0.348 e. The minimum absolute atomic E-state index is 0.0502. The third-order valence-corrected chi connectivity index (χ3v) is 4.54. The van der Waals surface area contributed by atoms with E-state index in [2.05, 4.69) is 76.2 Å². The van der Waals surface area contributed by atoms with E-state index in [1.54, 1.807) is 0 Å². The van der Waals surface area contributed by atoms with Crippen LogP contribution in [0.2, 0.25) is 0 Å². The lowest BCUT2D eigenvalue weighted by Crippen LogP contribution is -2.45. The third-order valence-electron chi connectivity index (χ3n) is 4.54. The first kappa shape index (κ1) is 16.2. The Morgan fingerprint density at radius 1 is 0.913 bits per heavy atom. The maximum Gasteiger partial charge on any atom is 0.184 e. The van der Waals surface area contributed by atoms with E-state index in [0.29, 0.717) is 5.92 Å². The van der Waals surface area contributed by atoms with Crippen LogP contribution in [0.3, 0.4) is 0 Å². The molecular weight excluding hydrogens is 284 g/mol. The third kappa shape index (κ3) is 3.49. The van der Waals surface area contributed by atoms with Crippen LogP contribution in [-0.4, -0.2) is 12.7 Å². The van der Waals surface area contributed by atoms with Crippen molar-refractivity contribution in [2.24, 2.45) is 11.3 Å². The van der Waals surface area contributed by atoms with Crippen LogP contribution in [0.25, 0.3) is 11.1 Å². The van der Waals surface area contributed by atoms with Crippen LogP contribution in [0, 0.1) is 11.3 Å². The number of benzene rings is 2. The van der Waals surface area contributed by atoms with Crippen molar-refractivity contribution in [2.45, 2.75) is 40.1 Å². The van der Waals surface area contributed by atoms with Crippen LogP contribution >= 0.6 is 0 Å². The molecule has 23 heavy (non-hydrogen) atoms. The summed E-state index contributed by atoms with van der Waals surface area (Å²) < 4.78 is 12.3. The molecule has 0 radical (unpaired) electrons. The van der Waals surface area contributed by atoms with Gasteiger partial charge < -0.3 is 9.47 Å². The molecule has 1 aliphatic rings. The van der Waals surface area contributed by atoms with Crippen molar-refractivity contribution in [1.82, 2.24) is 0 Å². The lowest BCUT2D eigenvalue weighted by Gasteiger charge is -2.44. The van der Waals surface area contributed by atoms with Gasteiger partial charge in [-0.05, 0) is 17.0 Å². The summed E-state index contributed by atoms with van der Waals surface area (Å²) in [6.07, 6.45) is -0.0599. The van der Waals surface area contributed by atoms with Crippen LogP contribution in [0.5, 0.6) is 0 Å². The number of rotatable bonds is 3. The van der Waals surface area contributed by atoms with Crippen LogP contribution in [0.15, 0.2) is 54.6 Å². The second-order valence-corrected chi connectivity index (χ2v) is 7.42. The Balaban J connectivity index is 1.78. The molecule has 0 amide bonds. The molecule has 1 aliphatic heterocycles. The lowest BCUT2D eigenvalue weighted by atomic mass is 9.80. The maximum absolute atomic E-state index is 6.27. The molecule has 2 heteroatoms. The van der Waals surface area contributed by atoms with Crippen LogP contribution in [0.1, 0.15) is 39.5 Å². The van der Waals surface area contributed by atoms with E-state index in [4.69, 9.17) is 9.47 Å². The van der Waals surface area contributed by atoms with E-state index in [0.717, 1.165) is 12.2 Å². The Morgan fingerprint density at radius 2 is 1.52 bits per heavy atom. The van der Waals surface area contributed by atoms with E-state index < -0.39 is 0 Å². The van der Waals surface area contributed by atoms with Gasteiger partial charge >= 0.3 is 0 Å². The summed E-state index contributed by atoms with van der Waals surface area (Å²) >= 11 is 0. The molecule has 1 saturated heterocycles. The van der Waals surface area contributed by atoms with Crippen molar-refractivity contribution >= 4 is 0 Å². The minimum Gasteiger partial charge on any atom is -0.348 e. The van der Waals surface area contributed by atoms with Crippen molar-refractivity contribution in [2.75, 3.05) is 6.61 Å². The summed E-state index contributed by atoms with van der Waals surface area (Å²) in [7, 11) is 0. The van der Waals surface area contributed by atoms with Gasteiger partial charge in [-0.15, -0.1) is 0 Å². The van der Waals surface area contributed by atoms with Gasteiger partial charge in [0.15, 0.2) is 6.29 Å². The summed E-state index contributed by atoms with van der Waals surface area (Å²) in [6.45, 7) is 9.58. The fourth-order valence-corrected chi connectivity index (χ4v) is 3.43. The number of hydrogen-bond acceptors (Lipinski definition) is 2. The molecule has 2 aromatic carbocycles. The average Bonchev–Trinajstić information content (AvgIpc) is 2.55. The zero-order valence-corrected chi connectivity index (χ0v) is 14.5. The first-order chi connectivity index (χ1) is 11.0. The first-order valence-corrected chi connectivity index (χ1v) is 8.40. The zero-order chi connectivity index (χ0) is 16.4. The Bertz CT molecular complexity index is 629. The minimum atomic E-state index is -0.264. The second-order valence-electron chi connectivity index (χ2n) is 7.42. The SMILES string of the molecule is CC(C)C1OC(c2ccc(-c3ccccc3)cc2)OCC1(C)C. The van der Waals surface area contributed by atoms with Crippen molar-refractivity contribution in [3.05, 3.63) is 60.2 Å². The summed E-state index contributed by atoms with van der Waals surface area (Å²) in [4.78, 5) is 0. The molecule has 2 unspecified atom stereocenters. The standard InChI is InChI=1S/C21H26O2/c1-15(2)19-21(3,4)14-22-20(23-19)18-12-10-17(11-13-18)16-8-6-5-7-9-16/h5-13,15,19-20H,14H2,1-4H3. The van der Waals surface area contributed by atoms with E-state index in [1.165, 1.54) is 11.1 Å². The van der Waals surface area contributed by atoms with Crippen LogP contribution in [0.4, 0.5) is 0 Å². The molecule has 0 spiro atoms. The second kappa shape index (κ2) is 6.46. The predicted octanol–water partition coefficient (Wildman–Crippen LogP) is 5.45. The molecule has 0 N–H and O–H groups in total. The lowest BCUT2D eigenvalue weighted by molar-refractivity contribution is -0.274. The highest BCUT2D eigenvalue weighted by molar-refractivity contribution is 5.63. The van der Waals surface area contributed by atoms with Crippen LogP contribution < -0.4 is 0 Å². The fraction of sp³-hybridized carbons (Fsp3) is 0.429. The Morgan fingerprint density at radius 3 is 2.13 bits per heavy atom. The molecule has 1 fully saturated rings. The van der Waals surface area contributed by atoms with Crippen molar-refractivity contribution < 1.29 is 9.47 Å². The molecule has 0 aromatic heterocycles. The molecule has 0 bridgehead atoms. The molecule has 2 aromatic rings. The normalized spacial score (nSPS) is 23.9. The predicted molar refractivity (Wildman–Crippen MR) is 94.1 cm³/mol. The first-order valence-electron chi connectivity index (χ1n) is 8.40. The molecule has 0 aliphatic carbocycles. The number of ether oxygens (including phenoxy) is 2. The fourth-order valence-electron chi connectivity index (χ4n) is 3.43. The highest BCUT2D eigenvalue weighted by Crippen LogP contribution is 2.39. The van der Waals surface area contributed by atoms with Gasteiger partial charge in [-0.1, -0.05) is 82.3 Å². The van der Waals surface area contributed by atoms with E-state index in [-0.39, 0.29) is 17.8 Å². The van der Waals surface area contributed by atoms with E-state index in [1.807, 2.05) is 6.07 Å². The molecule has 0 saturated carbocycles. The quantitative estimate of drug-likeness (QED) is 0.750. The van der Waals surface area contributed by atoms with E-state index >= 15 is 0 Å². The molecular formula is C21H26O2. The summed E-state index contributed by atoms with van der Waals surface area (Å²) in [5.41, 5.74) is 3.58. The maximum atomic E-state index is 6.27. The van der Waals surface area contributed by atoms with Gasteiger partial charge in [0.1, 0.15) is 0 Å². The van der Waals surface area contributed by atoms with Gasteiger partial charge in [0.05, 0.1) is 12.7 Å². The monoisotopic (exact) mass is 310 g/mol. The number of hydrogen-bond donors (Lipinski definition) is 0. The van der Waals surface area contributed by atoms with Crippen molar-refractivity contribution in [3.63, 3.8) is 0 Å². The molecule has 2 nitrogen and oxygen atoms in total. The van der Waals surface area contributed by atoms with Gasteiger partial charge in [0, 0.05) is 11.0 Å².